The van der Waals surface area contributed by atoms with Crippen molar-refractivity contribution in [3.8, 4) is 0 Å². The SMILES string of the molecule is CCC(C)CCCCCCCCCCCCCCCCCCCCC(=O)O[C@H](COC(=O)CCCCCCCCCCC(C)CC)COP(=O)(O)OC[C@@H](O)COP(=O)(O)OC[C@@H](COC(=O)CCCCCCCCC(C)CC)OC(=O)CCCCCCCCCCCCCCCCC(C)C. The number of unbranched alkanes of at least 4 members (excludes halogenated alkanes) is 42. The Morgan fingerprint density at radius 1 is 0.277 bits per heavy atom. The zero-order valence-electron chi connectivity index (χ0n) is 66.5. The Morgan fingerprint density at radius 3 is 0.703 bits per heavy atom. The van der Waals surface area contributed by atoms with Gasteiger partial charge >= 0.3 is 39.5 Å². The highest BCUT2D eigenvalue weighted by atomic mass is 31.2. The molecule has 600 valence electrons. The summed E-state index contributed by atoms with van der Waals surface area (Å²) >= 11 is 0. The van der Waals surface area contributed by atoms with Gasteiger partial charge in [-0.2, -0.15) is 0 Å². The summed E-state index contributed by atoms with van der Waals surface area (Å²) in [5, 5.41) is 10.6. The molecule has 5 unspecified atom stereocenters. The van der Waals surface area contributed by atoms with Gasteiger partial charge in [0.15, 0.2) is 12.2 Å². The van der Waals surface area contributed by atoms with Crippen molar-refractivity contribution in [1.82, 2.24) is 0 Å². The number of carbonyl (C=O) groups is 4. The van der Waals surface area contributed by atoms with Gasteiger partial charge < -0.3 is 33.8 Å². The highest BCUT2D eigenvalue weighted by molar-refractivity contribution is 7.47. The van der Waals surface area contributed by atoms with Crippen molar-refractivity contribution in [3.05, 3.63) is 0 Å². The number of phosphoric ester groups is 2. The molecule has 3 N–H and O–H groups in total. The summed E-state index contributed by atoms with van der Waals surface area (Å²) in [5.74, 6) is 1.06. The molecule has 0 aromatic rings. The van der Waals surface area contributed by atoms with Crippen molar-refractivity contribution < 1.29 is 80.2 Å². The second-order valence-corrected chi connectivity index (χ2v) is 33.6. The molecule has 19 heteroatoms. The highest BCUT2D eigenvalue weighted by Crippen LogP contribution is 2.45. The third kappa shape index (κ3) is 72.1. The molecule has 0 rings (SSSR count). The van der Waals surface area contributed by atoms with Gasteiger partial charge in [-0.05, 0) is 49.4 Å². The average Bonchev–Trinajstić information content (AvgIpc) is 0.937. The topological polar surface area (TPSA) is 237 Å². The van der Waals surface area contributed by atoms with Crippen LogP contribution in [0.3, 0.4) is 0 Å². The summed E-state index contributed by atoms with van der Waals surface area (Å²) in [7, 11) is -9.92. The van der Waals surface area contributed by atoms with Gasteiger partial charge in [0.2, 0.25) is 0 Å². The maximum Gasteiger partial charge on any atom is 0.472 e. The van der Waals surface area contributed by atoms with Crippen LogP contribution in [0.2, 0.25) is 0 Å². The summed E-state index contributed by atoms with van der Waals surface area (Å²) in [5.41, 5.74) is 0. The molecule has 0 aliphatic heterocycles. The molecule has 0 heterocycles. The molecular formula is C82H160O17P2. The van der Waals surface area contributed by atoms with Crippen LogP contribution in [0.25, 0.3) is 0 Å². The quantitative estimate of drug-likeness (QED) is 0.0222. The van der Waals surface area contributed by atoms with Crippen LogP contribution in [-0.2, 0) is 65.4 Å². The minimum Gasteiger partial charge on any atom is -0.462 e. The molecule has 0 aromatic carbocycles. The summed E-state index contributed by atoms with van der Waals surface area (Å²) in [6, 6.07) is 0. The smallest absolute Gasteiger partial charge is 0.462 e. The van der Waals surface area contributed by atoms with Crippen molar-refractivity contribution in [2.75, 3.05) is 39.6 Å². The van der Waals surface area contributed by atoms with Crippen LogP contribution in [0.4, 0.5) is 0 Å². The van der Waals surface area contributed by atoms with Crippen LogP contribution < -0.4 is 0 Å². The highest BCUT2D eigenvalue weighted by Gasteiger charge is 2.30. The first-order valence-electron chi connectivity index (χ1n) is 42.3. The van der Waals surface area contributed by atoms with Gasteiger partial charge in [0.25, 0.3) is 0 Å². The summed E-state index contributed by atoms with van der Waals surface area (Å²) in [6.45, 7) is 14.3. The normalized spacial score (nSPS) is 14.8. The first kappa shape index (κ1) is 99.1. The number of hydrogen-bond acceptors (Lipinski definition) is 15. The van der Waals surface area contributed by atoms with Crippen LogP contribution >= 0.6 is 15.6 Å². The Hall–Kier alpha value is -1.94. The van der Waals surface area contributed by atoms with Gasteiger partial charge in [-0.1, -0.05) is 370 Å². The first-order chi connectivity index (χ1) is 48.7. The standard InChI is InChI=1S/C82H160O17P2/c1-9-73(6)59-51-43-35-29-25-21-16-14-12-13-15-17-22-26-30-38-48-56-64-81(86)98-77(68-92-79(84)62-54-46-37-33-32-36-44-52-60-74(7)10-2)70-96-100(88,89)94-66-76(83)67-95-101(90,91)97-71-78(69-93-80(85)63-55-47-41-40-45-53-61-75(8)11-3)99-82(87)65-57-49-39-31-27-23-19-18-20-24-28-34-42-50-58-72(4)5/h72-78,83H,9-71H2,1-8H3,(H,88,89)(H,90,91)/t73?,74?,75?,76-,77-,78-/m1/s1. The van der Waals surface area contributed by atoms with E-state index < -0.39 is 97.5 Å². The molecule has 0 bridgehead atoms. The Balaban J connectivity index is 5.20. The van der Waals surface area contributed by atoms with E-state index in [9.17, 15) is 43.2 Å². The maximum absolute atomic E-state index is 13.1. The Morgan fingerprint density at radius 2 is 0.475 bits per heavy atom. The fourth-order valence-electron chi connectivity index (χ4n) is 12.5. The second-order valence-electron chi connectivity index (χ2n) is 30.7. The van der Waals surface area contributed by atoms with E-state index in [2.05, 4.69) is 55.4 Å². The van der Waals surface area contributed by atoms with Crippen LogP contribution in [0, 0.1) is 23.7 Å². The van der Waals surface area contributed by atoms with Crippen molar-refractivity contribution in [2.45, 2.75) is 440 Å². The van der Waals surface area contributed by atoms with E-state index in [1.54, 1.807) is 0 Å². The lowest BCUT2D eigenvalue weighted by atomic mass is 9.99. The van der Waals surface area contributed by atoms with E-state index >= 15 is 0 Å². The Kier molecular flexibility index (Phi) is 69.6. The summed E-state index contributed by atoms with van der Waals surface area (Å²) in [6.07, 6.45) is 58.3. The summed E-state index contributed by atoms with van der Waals surface area (Å²) < 4.78 is 68.7. The van der Waals surface area contributed by atoms with Crippen LogP contribution in [-0.4, -0.2) is 96.7 Å². The Bertz CT molecular complexity index is 1980. The lowest BCUT2D eigenvalue weighted by Gasteiger charge is -2.21. The molecule has 0 radical (unpaired) electrons. The number of aliphatic hydroxyl groups is 1. The van der Waals surface area contributed by atoms with Crippen molar-refractivity contribution >= 4 is 39.5 Å². The molecular weight excluding hydrogens is 1320 g/mol. The minimum atomic E-state index is -4.96. The molecule has 0 amide bonds. The lowest BCUT2D eigenvalue weighted by Crippen LogP contribution is -2.30. The van der Waals surface area contributed by atoms with Gasteiger partial charge in [0.05, 0.1) is 26.4 Å². The van der Waals surface area contributed by atoms with Crippen LogP contribution in [0.1, 0.15) is 421 Å². The van der Waals surface area contributed by atoms with Gasteiger partial charge in [-0.3, -0.25) is 37.3 Å². The number of esters is 4. The van der Waals surface area contributed by atoms with E-state index in [1.807, 2.05) is 0 Å². The fraction of sp³-hybridized carbons (Fsp3) is 0.951. The molecule has 0 saturated carbocycles. The molecule has 101 heavy (non-hydrogen) atoms. The van der Waals surface area contributed by atoms with E-state index in [0.717, 1.165) is 120 Å². The zero-order chi connectivity index (χ0) is 74.6. The van der Waals surface area contributed by atoms with Gasteiger partial charge in [0.1, 0.15) is 19.3 Å². The molecule has 0 fully saturated rings. The van der Waals surface area contributed by atoms with Crippen LogP contribution in [0.15, 0.2) is 0 Å². The minimum absolute atomic E-state index is 0.106. The van der Waals surface area contributed by atoms with Gasteiger partial charge in [0, 0.05) is 25.7 Å². The monoisotopic (exact) mass is 1480 g/mol. The maximum atomic E-state index is 13.1. The molecule has 0 aromatic heterocycles. The number of hydrogen-bond donors (Lipinski definition) is 3. The average molecular weight is 1480 g/mol. The zero-order valence-corrected chi connectivity index (χ0v) is 68.3. The first-order valence-corrected chi connectivity index (χ1v) is 45.3. The van der Waals surface area contributed by atoms with E-state index in [1.165, 1.54) is 218 Å². The molecule has 17 nitrogen and oxygen atoms in total. The molecule has 0 aliphatic carbocycles. The van der Waals surface area contributed by atoms with Crippen molar-refractivity contribution in [1.29, 1.82) is 0 Å². The molecule has 0 saturated heterocycles. The van der Waals surface area contributed by atoms with Crippen LogP contribution in [0.5, 0.6) is 0 Å². The number of aliphatic hydroxyl groups excluding tert-OH is 1. The molecule has 0 spiro atoms. The number of rotatable bonds is 79. The number of ether oxygens (including phenoxy) is 4. The van der Waals surface area contributed by atoms with E-state index in [-0.39, 0.29) is 25.7 Å². The number of carbonyl (C=O) groups excluding carboxylic acids is 4. The largest absolute Gasteiger partial charge is 0.472 e. The van der Waals surface area contributed by atoms with E-state index in [4.69, 9.17) is 37.0 Å². The Labute approximate surface area is 619 Å². The second kappa shape index (κ2) is 71.0. The van der Waals surface area contributed by atoms with Gasteiger partial charge in [-0.15, -0.1) is 0 Å². The predicted molar refractivity (Wildman–Crippen MR) is 414 cm³/mol. The third-order valence-electron chi connectivity index (χ3n) is 20.2. The van der Waals surface area contributed by atoms with Crippen molar-refractivity contribution in [2.24, 2.45) is 23.7 Å². The fourth-order valence-corrected chi connectivity index (χ4v) is 14.1. The predicted octanol–water partition coefficient (Wildman–Crippen LogP) is 24.4. The lowest BCUT2D eigenvalue weighted by molar-refractivity contribution is -0.161. The summed E-state index contributed by atoms with van der Waals surface area (Å²) in [4.78, 5) is 73.0. The van der Waals surface area contributed by atoms with Gasteiger partial charge in [-0.25, -0.2) is 9.13 Å². The molecule has 0 aliphatic rings. The molecule has 8 atom stereocenters. The number of phosphoric acid groups is 2. The van der Waals surface area contributed by atoms with Crippen molar-refractivity contribution in [3.63, 3.8) is 0 Å². The third-order valence-corrected chi connectivity index (χ3v) is 22.1. The van der Waals surface area contributed by atoms with E-state index in [0.29, 0.717) is 25.7 Å².